The van der Waals surface area contributed by atoms with E-state index >= 15 is 0 Å². The topological polar surface area (TPSA) is 93.2 Å². The second-order valence-corrected chi connectivity index (χ2v) is 5.61. The molecule has 126 valence electrons. The summed E-state index contributed by atoms with van der Waals surface area (Å²) in [5, 5.41) is -0.545. The Hall–Kier alpha value is -1.71. The van der Waals surface area contributed by atoms with Gasteiger partial charge in [-0.2, -0.15) is 12.6 Å². The average molecular weight is 342 g/mol. The summed E-state index contributed by atoms with van der Waals surface area (Å²) in [6, 6.07) is 0. The molecule has 23 heavy (non-hydrogen) atoms. The molecule has 1 fully saturated rings. The number of rotatable bonds is 9. The monoisotopic (exact) mass is 342 g/mol. The van der Waals surface area contributed by atoms with Crippen LogP contribution in [-0.2, 0) is 28.7 Å². The molecular formula is C14H18N2O6S. The maximum Gasteiger partial charge on any atom is 0.253 e. The van der Waals surface area contributed by atoms with Gasteiger partial charge < -0.3 is 9.47 Å². The normalized spacial score (nSPS) is 21.2. The lowest BCUT2D eigenvalue weighted by Gasteiger charge is -2.15. The lowest BCUT2D eigenvalue weighted by atomic mass is 10.4. The van der Waals surface area contributed by atoms with Crippen molar-refractivity contribution in [2.24, 2.45) is 0 Å². The molecule has 1 saturated heterocycles. The van der Waals surface area contributed by atoms with Gasteiger partial charge in [0, 0.05) is 18.6 Å². The molecule has 2 rings (SSSR count). The van der Waals surface area contributed by atoms with Gasteiger partial charge in [0.15, 0.2) is 0 Å². The lowest BCUT2D eigenvalue weighted by Crippen LogP contribution is -2.34. The summed E-state index contributed by atoms with van der Waals surface area (Å²) < 4.78 is 10.6. The van der Waals surface area contributed by atoms with E-state index in [0.29, 0.717) is 13.2 Å². The van der Waals surface area contributed by atoms with Crippen molar-refractivity contribution in [1.82, 2.24) is 9.80 Å². The Balaban J connectivity index is 1.49. The zero-order chi connectivity index (χ0) is 16.8. The fraction of sp³-hybridized carbons (Fsp3) is 0.571. The number of likely N-dealkylation sites (tertiary alicyclic amines) is 1. The van der Waals surface area contributed by atoms with Gasteiger partial charge in [-0.3, -0.25) is 29.0 Å². The Morgan fingerprint density at radius 3 is 1.91 bits per heavy atom. The van der Waals surface area contributed by atoms with Crippen LogP contribution in [-0.4, -0.2) is 78.2 Å². The van der Waals surface area contributed by atoms with Crippen molar-refractivity contribution in [3.8, 4) is 0 Å². The summed E-state index contributed by atoms with van der Waals surface area (Å²) in [7, 11) is 0. The number of imide groups is 2. The molecule has 0 bridgehead atoms. The number of ether oxygens (including phenoxy) is 2. The third kappa shape index (κ3) is 4.63. The summed E-state index contributed by atoms with van der Waals surface area (Å²) in [6.07, 6.45) is 2.58. The first-order valence-electron chi connectivity index (χ1n) is 7.22. The standard InChI is InChI=1S/C14H18N2O6S/c17-11-1-2-12(18)15(11)3-5-21-7-8-22-6-4-16-13(19)9-10(23)14(16)20/h1-2,10,23H,3-9H2. The molecule has 0 aromatic rings. The first-order chi connectivity index (χ1) is 11.0. The first-order valence-corrected chi connectivity index (χ1v) is 7.73. The zero-order valence-corrected chi connectivity index (χ0v) is 13.4. The van der Waals surface area contributed by atoms with Crippen molar-refractivity contribution in [2.75, 3.05) is 39.5 Å². The number of nitrogens with zero attached hydrogens (tertiary/aromatic N) is 2. The molecule has 1 unspecified atom stereocenters. The molecule has 0 aromatic heterocycles. The van der Waals surface area contributed by atoms with Crippen LogP contribution in [0.2, 0.25) is 0 Å². The van der Waals surface area contributed by atoms with Gasteiger partial charge in [-0.25, -0.2) is 0 Å². The van der Waals surface area contributed by atoms with E-state index in [1.807, 2.05) is 0 Å². The molecule has 0 radical (unpaired) electrons. The van der Waals surface area contributed by atoms with Gasteiger partial charge in [-0.1, -0.05) is 0 Å². The highest BCUT2D eigenvalue weighted by Crippen LogP contribution is 2.17. The van der Waals surface area contributed by atoms with Crippen molar-refractivity contribution >= 4 is 36.3 Å². The third-order valence-electron chi connectivity index (χ3n) is 3.41. The lowest BCUT2D eigenvalue weighted by molar-refractivity contribution is -0.140. The Bertz CT molecular complexity index is 517. The van der Waals surface area contributed by atoms with E-state index in [1.54, 1.807) is 0 Å². The van der Waals surface area contributed by atoms with Crippen molar-refractivity contribution in [3.05, 3.63) is 12.2 Å². The summed E-state index contributed by atoms with van der Waals surface area (Å²) in [6.45, 7) is 1.45. The van der Waals surface area contributed by atoms with Gasteiger partial charge in [0.25, 0.3) is 11.8 Å². The predicted molar refractivity (Wildman–Crippen MR) is 81.6 cm³/mol. The van der Waals surface area contributed by atoms with Crippen LogP contribution in [0.4, 0.5) is 0 Å². The van der Waals surface area contributed by atoms with E-state index in [4.69, 9.17) is 9.47 Å². The predicted octanol–water partition coefficient (Wildman–Crippen LogP) is -0.998. The summed E-state index contributed by atoms with van der Waals surface area (Å²) in [4.78, 5) is 47.8. The van der Waals surface area contributed by atoms with Crippen LogP contribution >= 0.6 is 12.6 Å². The molecule has 2 heterocycles. The summed E-state index contributed by atoms with van der Waals surface area (Å²) in [5.41, 5.74) is 0. The van der Waals surface area contributed by atoms with E-state index in [0.717, 1.165) is 9.80 Å². The molecule has 2 aliphatic heterocycles. The summed E-state index contributed by atoms with van der Waals surface area (Å²) >= 11 is 4.03. The molecule has 0 N–H and O–H groups in total. The number of hydrogen-bond acceptors (Lipinski definition) is 7. The molecule has 0 aromatic carbocycles. The maximum absolute atomic E-state index is 11.6. The largest absolute Gasteiger partial charge is 0.377 e. The third-order valence-corrected chi connectivity index (χ3v) is 3.81. The highest BCUT2D eigenvalue weighted by molar-refractivity contribution is 7.81. The van der Waals surface area contributed by atoms with Crippen molar-refractivity contribution in [3.63, 3.8) is 0 Å². The fourth-order valence-electron chi connectivity index (χ4n) is 2.19. The Morgan fingerprint density at radius 2 is 1.43 bits per heavy atom. The van der Waals surface area contributed by atoms with Gasteiger partial charge in [0.1, 0.15) is 0 Å². The smallest absolute Gasteiger partial charge is 0.253 e. The number of thiol groups is 1. The Morgan fingerprint density at radius 1 is 0.913 bits per heavy atom. The minimum Gasteiger partial charge on any atom is -0.377 e. The van der Waals surface area contributed by atoms with E-state index in [2.05, 4.69) is 12.6 Å². The molecule has 0 aliphatic carbocycles. The molecule has 8 nitrogen and oxygen atoms in total. The molecular weight excluding hydrogens is 324 g/mol. The number of amides is 4. The van der Waals surface area contributed by atoms with E-state index < -0.39 is 5.25 Å². The van der Waals surface area contributed by atoms with Crippen molar-refractivity contribution < 1.29 is 28.7 Å². The average Bonchev–Trinajstić information content (AvgIpc) is 2.95. The molecule has 1 atom stereocenters. The van der Waals surface area contributed by atoms with Crippen molar-refractivity contribution in [1.29, 1.82) is 0 Å². The van der Waals surface area contributed by atoms with E-state index in [-0.39, 0.29) is 56.4 Å². The van der Waals surface area contributed by atoms with Crippen LogP contribution in [0.25, 0.3) is 0 Å². The number of carbonyl (C=O) groups is 4. The number of hydrogen-bond donors (Lipinski definition) is 1. The van der Waals surface area contributed by atoms with Crippen LogP contribution in [0.1, 0.15) is 6.42 Å². The zero-order valence-electron chi connectivity index (χ0n) is 12.5. The second kappa shape index (κ2) is 8.23. The van der Waals surface area contributed by atoms with Crippen LogP contribution < -0.4 is 0 Å². The van der Waals surface area contributed by atoms with Crippen LogP contribution in [0.15, 0.2) is 12.2 Å². The van der Waals surface area contributed by atoms with Gasteiger partial charge >= 0.3 is 0 Å². The summed E-state index contributed by atoms with van der Waals surface area (Å²) in [5.74, 6) is -1.19. The highest BCUT2D eigenvalue weighted by atomic mass is 32.1. The van der Waals surface area contributed by atoms with Gasteiger partial charge in [-0.15, -0.1) is 0 Å². The minimum absolute atomic E-state index is 0.133. The first kappa shape index (κ1) is 17.6. The van der Waals surface area contributed by atoms with Crippen LogP contribution in [0.5, 0.6) is 0 Å². The van der Waals surface area contributed by atoms with Gasteiger partial charge in [-0.05, 0) is 0 Å². The molecule has 2 aliphatic rings. The fourth-order valence-corrected chi connectivity index (χ4v) is 2.48. The van der Waals surface area contributed by atoms with E-state index in [9.17, 15) is 19.2 Å². The quantitative estimate of drug-likeness (QED) is 0.328. The Kier molecular flexibility index (Phi) is 6.31. The molecule has 4 amide bonds. The van der Waals surface area contributed by atoms with Crippen LogP contribution in [0, 0.1) is 0 Å². The SMILES string of the molecule is O=C1C=CC(=O)N1CCOCCOCCN1C(=O)CC(S)C1=O. The van der Waals surface area contributed by atoms with Gasteiger partial charge in [0.05, 0.1) is 44.8 Å². The van der Waals surface area contributed by atoms with Crippen LogP contribution in [0.3, 0.4) is 0 Å². The molecule has 0 spiro atoms. The second-order valence-electron chi connectivity index (χ2n) is 4.99. The minimum atomic E-state index is -0.545. The Labute approximate surface area is 138 Å². The molecule has 9 heteroatoms. The van der Waals surface area contributed by atoms with Crippen molar-refractivity contribution in [2.45, 2.75) is 11.7 Å². The van der Waals surface area contributed by atoms with Gasteiger partial charge in [0.2, 0.25) is 11.8 Å². The molecule has 0 saturated carbocycles. The maximum atomic E-state index is 11.6. The number of carbonyl (C=O) groups excluding carboxylic acids is 4. The highest BCUT2D eigenvalue weighted by Gasteiger charge is 2.35. The van der Waals surface area contributed by atoms with E-state index in [1.165, 1.54) is 12.2 Å².